The highest BCUT2D eigenvalue weighted by Gasteiger charge is 2.03. The fourth-order valence-electron chi connectivity index (χ4n) is 2.12. The highest BCUT2D eigenvalue weighted by molar-refractivity contribution is 9.09. The van der Waals surface area contributed by atoms with Crippen LogP contribution in [0.2, 0.25) is 0 Å². The molecule has 0 fully saturated rings. The lowest BCUT2D eigenvalue weighted by molar-refractivity contribution is 0.253. The van der Waals surface area contributed by atoms with Gasteiger partial charge in [-0.15, -0.1) is 0 Å². The zero-order valence-electron chi connectivity index (χ0n) is 13.3. The molecule has 132 valence electrons. The van der Waals surface area contributed by atoms with Crippen LogP contribution in [0.4, 0.5) is 21.0 Å². The summed E-state index contributed by atoms with van der Waals surface area (Å²) in [6.07, 6.45) is 0.766. The molecule has 2 aromatic carbocycles. The Balaban J connectivity index is 1.91. The van der Waals surface area contributed by atoms with Crippen molar-refractivity contribution >= 4 is 55.3 Å². The van der Waals surface area contributed by atoms with Crippen molar-refractivity contribution < 1.29 is 9.59 Å². The minimum atomic E-state index is -0.253. The van der Waals surface area contributed by atoms with Crippen LogP contribution in [0, 0.1) is 0 Å². The molecule has 0 heterocycles. The first-order valence-corrected chi connectivity index (χ1v) is 9.74. The molecule has 4 amide bonds. The molecule has 25 heavy (non-hydrogen) atoms. The molecule has 8 heteroatoms. The van der Waals surface area contributed by atoms with Crippen LogP contribution in [-0.2, 0) is 6.42 Å². The molecule has 0 saturated heterocycles. The van der Waals surface area contributed by atoms with E-state index in [2.05, 4.69) is 53.1 Å². The van der Waals surface area contributed by atoms with Crippen molar-refractivity contribution in [3.63, 3.8) is 0 Å². The summed E-state index contributed by atoms with van der Waals surface area (Å²) in [6.45, 7) is 0. The lowest BCUT2D eigenvalue weighted by atomic mass is 10.0. The van der Waals surface area contributed by atoms with Gasteiger partial charge in [0.15, 0.2) is 0 Å². The molecule has 0 aromatic heterocycles. The molecule has 6 nitrogen and oxygen atoms in total. The van der Waals surface area contributed by atoms with Gasteiger partial charge in [-0.25, -0.2) is 9.59 Å². The summed E-state index contributed by atoms with van der Waals surface area (Å²) in [4.78, 5) is 22.9. The Kier molecular flexibility index (Phi) is 7.75. The summed E-state index contributed by atoms with van der Waals surface area (Å²) >= 11 is 6.27. The number of halogens is 2. The number of alkyl halides is 2. The second kappa shape index (κ2) is 10.0. The molecule has 0 unspecified atom stereocenters. The van der Waals surface area contributed by atoms with E-state index in [1.165, 1.54) is 0 Å². The molecule has 2 rings (SSSR count). The number of urea groups is 2. The zero-order valence-corrected chi connectivity index (χ0v) is 16.5. The van der Waals surface area contributed by atoms with Gasteiger partial charge in [-0.3, -0.25) is 0 Å². The van der Waals surface area contributed by atoms with Gasteiger partial charge in [0.2, 0.25) is 0 Å². The van der Waals surface area contributed by atoms with Gasteiger partial charge in [0.25, 0.3) is 0 Å². The average molecular weight is 470 g/mol. The molecule has 0 radical (unpaired) electrons. The Morgan fingerprint density at radius 2 is 1.04 bits per heavy atom. The van der Waals surface area contributed by atoms with Crippen LogP contribution < -0.4 is 21.3 Å². The maximum absolute atomic E-state index is 11.4. The third-order valence-corrected chi connectivity index (χ3v) is 3.85. The van der Waals surface area contributed by atoms with E-state index in [1.807, 2.05) is 48.5 Å². The summed E-state index contributed by atoms with van der Waals surface area (Å²) in [7, 11) is 0. The lowest BCUT2D eigenvalue weighted by Gasteiger charge is -2.08. The molecule has 0 atom stereocenters. The number of rotatable bonds is 6. The maximum Gasteiger partial charge on any atom is 0.319 e. The van der Waals surface area contributed by atoms with Gasteiger partial charge >= 0.3 is 12.1 Å². The molecule has 0 aliphatic heterocycles. The first-order valence-electron chi connectivity index (χ1n) is 7.50. The molecule has 4 N–H and O–H groups in total. The topological polar surface area (TPSA) is 82.3 Å². The number of hydrogen-bond acceptors (Lipinski definition) is 2. The number of carbonyl (C=O) groups is 2. The fraction of sp³-hybridized carbons (Fsp3) is 0.176. The smallest absolute Gasteiger partial charge is 0.319 e. The third-order valence-electron chi connectivity index (χ3n) is 3.29. The average Bonchev–Trinajstić information content (AvgIpc) is 2.59. The van der Waals surface area contributed by atoms with E-state index in [9.17, 15) is 9.59 Å². The second-order valence-electron chi connectivity index (χ2n) is 5.10. The second-order valence-corrected chi connectivity index (χ2v) is 6.22. The standard InChI is InChI=1S/C17H18Br2N4O2/c18-10-20-16(24)22-14-5-1-12(2-6-14)9-13-3-7-15(8-4-13)23-17(25)21-11-19/h1-8H,9-11H2,(H2,20,22,24)(H2,21,23,25). The fourth-order valence-corrected chi connectivity index (χ4v) is 2.63. The van der Waals surface area contributed by atoms with E-state index < -0.39 is 0 Å². The van der Waals surface area contributed by atoms with Crippen molar-refractivity contribution in [3.8, 4) is 0 Å². The van der Waals surface area contributed by atoms with E-state index in [1.54, 1.807) is 0 Å². The van der Waals surface area contributed by atoms with Gasteiger partial charge in [-0.2, -0.15) is 0 Å². The largest absolute Gasteiger partial charge is 0.328 e. The Bertz CT molecular complexity index is 644. The Morgan fingerprint density at radius 1 is 0.680 bits per heavy atom. The highest BCUT2D eigenvalue weighted by atomic mass is 79.9. The Morgan fingerprint density at radius 3 is 1.36 bits per heavy atom. The predicted octanol–water partition coefficient (Wildman–Crippen LogP) is 4.23. The first-order chi connectivity index (χ1) is 12.1. The molecule has 0 bridgehead atoms. The normalized spacial score (nSPS) is 10.0. The highest BCUT2D eigenvalue weighted by Crippen LogP contribution is 2.16. The van der Waals surface area contributed by atoms with Gasteiger partial charge < -0.3 is 21.3 Å². The summed E-state index contributed by atoms with van der Waals surface area (Å²) < 4.78 is 0. The van der Waals surface area contributed by atoms with Crippen LogP contribution in [-0.4, -0.2) is 23.0 Å². The molecule has 0 aliphatic carbocycles. The minimum absolute atomic E-state index is 0.253. The summed E-state index contributed by atoms with van der Waals surface area (Å²) in [5, 5.41) is 10.7. The van der Waals surface area contributed by atoms with Crippen LogP contribution >= 0.6 is 31.9 Å². The lowest BCUT2D eigenvalue weighted by Crippen LogP contribution is -2.27. The van der Waals surface area contributed by atoms with Crippen molar-refractivity contribution in [3.05, 3.63) is 59.7 Å². The SMILES string of the molecule is O=C(NCBr)Nc1ccc(Cc2ccc(NC(=O)NCBr)cc2)cc1. The molecular formula is C17H18Br2N4O2. The van der Waals surface area contributed by atoms with Gasteiger partial charge in [0.05, 0.1) is 10.9 Å². The summed E-state index contributed by atoms with van der Waals surface area (Å²) in [5.74, 6) is 0. The van der Waals surface area contributed by atoms with Crippen molar-refractivity contribution in [2.24, 2.45) is 0 Å². The van der Waals surface area contributed by atoms with E-state index >= 15 is 0 Å². The van der Waals surface area contributed by atoms with E-state index in [4.69, 9.17) is 0 Å². The predicted molar refractivity (Wildman–Crippen MR) is 108 cm³/mol. The molecule has 0 spiro atoms. The van der Waals surface area contributed by atoms with E-state index in [-0.39, 0.29) is 12.1 Å². The van der Waals surface area contributed by atoms with E-state index in [0.717, 1.165) is 28.9 Å². The summed E-state index contributed by atoms with van der Waals surface area (Å²) in [5.41, 5.74) is 4.53. The van der Waals surface area contributed by atoms with Crippen LogP contribution in [0.3, 0.4) is 0 Å². The van der Waals surface area contributed by atoms with Gasteiger partial charge in [-0.05, 0) is 41.8 Å². The van der Waals surface area contributed by atoms with Crippen LogP contribution in [0.1, 0.15) is 11.1 Å². The molecular weight excluding hydrogens is 452 g/mol. The van der Waals surface area contributed by atoms with Crippen LogP contribution in [0.5, 0.6) is 0 Å². The number of benzene rings is 2. The molecule has 2 aromatic rings. The minimum Gasteiger partial charge on any atom is -0.328 e. The molecule has 0 saturated carbocycles. The van der Waals surface area contributed by atoms with Crippen molar-refractivity contribution in [1.82, 2.24) is 10.6 Å². The maximum atomic E-state index is 11.4. The molecule has 0 aliphatic rings. The number of amides is 4. The number of carbonyl (C=O) groups excluding carboxylic acids is 2. The van der Waals surface area contributed by atoms with Crippen molar-refractivity contribution in [2.45, 2.75) is 6.42 Å². The monoisotopic (exact) mass is 468 g/mol. The number of anilines is 2. The Hall–Kier alpha value is -2.06. The number of nitrogens with one attached hydrogen (secondary N) is 4. The third kappa shape index (κ3) is 6.75. The zero-order chi connectivity index (χ0) is 18.1. The van der Waals surface area contributed by atoms with Crippen LogP contribution in [0.25, 0.3) is 0 Å². The number of hydrogen-bond donors (Lipinski definition) is 4. The van der Waals surface area contributed by atoms with Gasteiger partial charge in [0, 0.05) is 11.4 Å². The van der Waals surface area contributed by atoms with Crippen LogP contribution in [0.15, 0.2) is 48.5 Å². The van der Waals surface area contributed by atoms with Gasteiger partial charge in [0.1, 0.15) is 0 Å². The Labute approximate surface area is 163 Å². The first kappa shape index (κ1) is 19.3. The van der Waals surface area contributed by atoms with Crippen molar-refractivity contribution in [1.29, 1.82) is 0 Å². The van der Waals surface area contributed by atoms with Gasteiger partial charge in [-0.1, -0.05) is 56.1 Å². The van der Waals surface area contributed by atoms with Crippen molar-refractivity contribution in [2.75, 3.05) is 21.5 Å². The van der Waals surface area contributed by atoms with E-state index in [0.29, 0.717) is 10.9 Å². The summed E-state index contributed by atoms with van der Waals surface area (Å²) in [6, 6.07) is 14.8. The quantitative estimate of drug-likeness (QED) is 0.377.